The summed E-state index contributed by atoms with van der Waals surface area (Å²) in [5, 5.41) is 10.8. The molecule has 0 saturated heterocycles. The Bertz CT molecular complexity index is 1180. The number of hydrogen-bond donors (Lipinski definition) is 1. The van der Waals surface area contributed by atoms with Crippen LogP contribution in [0.3, 0.4) is 0 Å². The zero-order valence-electron chi connectivity index (χ0n) is 22.4. The van der Waals surface area contributed by atoms with Gasteiger partial charge in [-0.15, -0.1) is 0 Å². The lowest BCUT2D eigenvalue weighted by Crippen LogP contribution is -2.17. The zero-order chi connectivity index (χ0) is 27.6. The van der Waals surface area contributed by atoms with Gasteiger partial charge in [0.25, 0.3) is 0 Å². The lowest BCUT2D eigenvalue weighted by molar-refractivity contribution is 0.436. The van der Waals surface area contributed by atoms with Gasteiger partial charge in [-0.2, -0.15) is 0 Å². The number of aromatic hydroxyl groups is 1. The molecule has 3 rings (SSSR count). The van der Waals surface area contributed by atoms with Gasteiger partial charge in [0.1, 0.15) is 5.75 Å². The number of aliphatic imine (C=N–C) groups is 1. The molecule has 0 atom stereocenters. The van der Waals surface area contributed by atoms with Gasteiger partial charge in [0.05, 0.1) is 5.69 Å². The summed E-state index contributed by atoms with van der Waals surface area (Å²) in [6.45, 7) is 16.9. The number of phenols is 1. The van der Waals surface area contributed by atoms with Crippen molar-refractivity contribution in [1.29, 1.82) is 0 Å². The highest BCUT2D eigenvalue weighted by molar-refractivity contribution is 5.87. The lowest BCUT2D eigenvalue weighted by Gasteiger charge is -2.27. The van der Waals surface area contributed by atoms with Crippen molar-refractivity contribution >= 4 is 11.9 Å². The molecule has 0 fully saturated rings. The second-order valence-electron chi connectivity index (χ2n) is 11.0. The zero-order valence-corrected chi connectivity index (χ0v) is 22.4. The van der Waals surface area contributed by atoms with Gasteiger partial charge in [-0.05, 0) is 54.9 Å². The number of nitrogens with zero attached hydrogens (tertiary/aromatic N) is 1. The number of halogens is 4. The molecule has 6 heteroatoms. The summed E-state index contributed by atoms with van der Waals surface area (Å²) < 4.78 is 50.6. The maximum absolute atomic E-state index is 12.7. The number of rotatable bonds is 2. The third-order valence-electron chi connectivity index (χ3n) is 5.97. The van der Waals surface area contributed by atoms with Crippen LogP contribution in [0.2, 0.25) is 0 Å². The van der Waals surface area contributed by atoms with Crippen molar-refractivity contribution < 1.29 is 22.7 Å². The Morgan fingerprint density at radius 3 is 1.61 bits per heavy atom. The van der Waals surface area contributed by atoms with Crippen molar-refractivity contribution in [1.82, 2.24) is 0 Å². The third kappa shape index (κ3) is 6.54. The molecule has 36 heavy (non-hydrogen) atoms. The first kappa shape index (κ1) is 29.1. The largest absolute Gasteiger partial charge is 0.507 e. The second-order valence-corrected chi connectivity index (χ2v) is 11.0. The lowest BCUT2D eigenvalue weighted by atomic mass is 9.79. The molecule has 0 radical (unpaired) electrons. The summed E-state index contributed by atoms with van der Waals surface area (Å²) in [4.78, 5) is 4.60. The van der Waals surface area contributed by atoms with Gasteiger partial charge in [-0.3, -0.25) is 4.99 Å². The number of aryl methyl sites for hydroxylation is 1. The molecule has 0 aliphatic carbocycles. The number of hydrogen-bond acceptors (Lipinski definition) is 2. The molecule has 2 nitrogen and oxygen atoms in total. The van der Waals surface area contributed by atoms with E-state index in [1.807, 2.05) is 37.3 Å². The minimum absolute atomic E-state index is 0.0129. The van der Waals surface area contributed by atoms with E-state index in [0.29, 0.717) is 5.75 Å². The highest BCUT2D eigenvalue weighted by atomic mass is 19.2. The van der Waals surface area contributed by atoms with Gasteiger partial charge < -0.3 is 5.11 Å². The van der Waals surface area contributed by atoms with Crippen LogP contribution in [0.1, 0.15) is 74.9 Å². The molecule has 0 aliphatic rings. The highest BCUT2D eigenvalue weighted by Crippen LogP contribution is 2.37. The van der Waals surface area contributed by atoms with E-state index >= 15 is 0 Å². The molecule has 1 N–H and O–H groups in total. The molecule has 0 saturated carbocycles. The first-order chi connectivity index (χ1) is 16.5. The SMILES string of the molecule is Cc1c(F)c(F)c(C)c(F)c1F.Cc1ccccc1N=Cc1cc(C(C)(C)C)cc(C(C)(C)C)c1O. The van der Waals surface area contributed by atoms with Crippen LogP contribution in [0.5, 0.6) is 5.75 Å². The molecule has 0 aliphatic heterocycles. The van der Waals surface area contributed by atoms with E-state index in [2.05, 4.69) is 52.6 Å². The monoisotopic (exact) mass is 501 g/mol. The molecule has 3 aromatic carbocycles. The fourth-order valence-corrected chi connectivity index (χ4v) is 3.46. The van der Waals surface area contributed by atoms with Crippen molar-refractivity contribution in [3.63, 3.8) is 0 Å². The van der Waals surface area contributed by atoms with Crippen LogP contribution in [0.15, 0.2) is 41.4 Å². The Kier molecular flexibility index (Phi) is 8.77. The van der Waals surface area contributed by atoms with E-state index in [0.717, 1.165) is 36.2 Å². The summed E-state index contributed by atoms with van der Waals surface area (Å²) in [5.74, 6) is -4.98. The standard InChI is InChI=1S/C22H29NO.C8H6F4/c1-15-10-8-9-11-19(15)23-14-16-12-17(21(2,3)4)13-18(20(16)24)22(5,6)7;1-3-5(9)7(11)4(2)8(12)6(3)10/h8-14,24H,1-7H3;1-2H3. The normalized spacial score (nSPS) is 12.0. The predicted molar refractivity (Wildman–Crippen MR) is 140 cm³/mol. The maximum atomic E-state index is 12.7. The van der Waals surface area contributed by atoms with Gasteiger partial charge in [-0.1, -0.05) is 65.8 Å². The Morgan fingerprint density at radius 1 is 0.722 bits per heavy atom. The van der Waals surface area contributed by atoms with Crippen molar-refractivity contribution in [3.8, 4) is 5.75 Å². The Balaban J connectivity index is 0.000000319. The van der Waals surface area contributed by atoms with E-state index in [4.69, 9.17) is 0 Å². The van der Waals surface area contributed by atoms with Crippen LogP contribution in [-0.4, -0.2) is 11.3 Å². The Labute approximate surface area is 211 Å². The van der Waals surface area contributed by atoms with E-state index in [1.165, 1.54) is 5.56 Å². The Hall–Kier alpha value is -3.15. The van der Waals surface area contributed by atoms with E-state index in [1.54, 1.807) is 6.21 Å². The summed E-state index contributed by atoms with van der Waals surface area (Å²) in [5.41, 5.74) is 3.61. The fraction of sp³-hybridized carbons (Fsp3) is 0.367. The van der Waals surface area contributed by atoms with Gasteiger partial charge in [0, 0.05) is 28.5 Å². The first-order valence-corrected chi connectivity index (χ1v) is 11.7. The van der Waals surface area contributed by atoms with Crippen molar-refractivity contribution in [2.24, 2.45) is 4.99 Å². The average molecular weight is 502 g/mol. The summed E-state index contributed by atoms with van der Waals surface area (Å²) in [7, 11) is 0. The third-order valence-corrected chi connectivity index (χ3v) is 5.97. The van der Waals surface area contributed by atoms with Crippen molar-refractivity contribution in [2.45, 2.75) is 73.1 Å². The van der Waals surface area contributed by atoms with Crippen molar-refractivity contribution in [2.75, 3.05) is 0 Å². The fourth-order valence-electron chi connectivity index (χ4n) is 3.46. The second kappa shape index (κ2) is 10.9. The van der Waals surface area contributed by atoms with Crippen LogP contribution in [0.4, 0.5) is 23.2 Å². The molecule has 0 aromatic heterocycles. The molecule has 0 heterocycles. The van der Waals surface area contributed by atoms with Crippen LogP contribution in [0, 0.1) is 44.0 Å². The number of phenolic OH excluding ortho intramolecular Hbond substituents is 1. The first-order valence-electron chi connectivity index (χ1n) is 11.7. The van der Waals surface area contributed by atoms with Crippen LogP contribution in [-0.2, 0) is 10.8 Å². The predicted octanol–water partition coefficient (Wildman–Crippen LogP) is 8.91. The minimum atomic E-state index is -1.33. The number of benzene rings is 3. The summed E-state index contributed by atoms with van der Waals surface area (Å²) in [6, 6.07) is 12.2. The maximum Gasteiger partial charge on any atom is 0.165 e. The quantitative estimate of drug-likeness (QED) is 0.212. The highest BCUT2D eigenvalue weighted by Gasteiger charge is 2.24. The van der Waals surface area contributed by atoms with E-state index in [-0.39, 0.29) is 10.8 Å². The molecular weight excluding hydrogens is 466 g/mol. The topological polar surface area (TPSA) is 32.6 Å². The Morgan fingerprint density at radius 2 is 1.19 bits per heavy atom. The molecule has 194 valence electrons. The molecule has 3 aromatic rings. The number of para-hydroxylation sites is 1. The summed E-state index contributed by atoms with van der Waals surface area (Å²) in [6.07, 6.45) is 1.78. The van der Waals surface area contributed by atoms with Crippen LogP contribution in [0.25, 0.3) is 0 Å². The van der Waals surface area contributed by atoms with E-state index < -0.39 is 34.4 Å². The molecule has 0 bridgehead atoms. The molecule has 0 unspecified atom stereocenters. The van der Waals surface area contributed by atoms with Gasteiger partial charge >= 0.3 is 0 Å². The summed E-state index contributed by atoms with van der Waals surface area (Å²) >= 11 is 0. The van der Waals surface area contributed by atoms with Crippen LogP contribution < -0.4 is 0 Å². The van der Waals surface area contributed by atoms with E-state index in [9.17, 15) is 22.7 Å². The average Bonchev–Trinajstić information content (AvgIpc) is 2.79. The van der Waals surface area contributed by atoms with Crippen LogP contribution >= 0.6 is 0 Å². The molecule has 0 spiro atoms. The van der Waals surface area contributed by atoms with Gasteiger partial charge in [-0.25, -0.2) is 17.6 Å². The molecule has 0 amide bonds. The minimum Gasteiger partial charge on any atom is -0.507 e. The van der Waals surface area contributed by atoms with Gasteiger partial charge in [0.15, 0.2) is 23.3 Å². The van der Waals surface area contributed by atoms with Gasteiger partial charge in [0.2, 0.25) is 0 Å². The smallest absolute Gasteiger partial charge is 0.165 e. The molecular formula is C30H35F4NO. The van der Waals surface area contributed by atoms with Crippen molar-refractivity contribution in [3.05, 3.63) is 93.0 Å².